The molecule has 1 aliphatic carbocycles. The van der Waals surface area contributed by atoms with Gasteiger partial charge in [0, 0.05) is 18.2 Å². The second-order valence-electron chi connectivity index (χ2n) is 8.54. The summed E-state index contributed by atoms with van der Waals surface area (Å²) in [5.41, 5.74) is 3.16. The molecule has 2 aliphatic rings. The SMILES string of the molecule is Cc1nc2c(nc1-c1cc3nc(Cl)cc(N[C@H]4CC[C@](C)(O)CC4)n3n1)OCCC2. The zero-order chi connectivity index (χ0) is 20.9. The van der Waals surface area contributed by atoms with Crippen LogP contribution in [0.4, 0.5) is 5.82 Å². The molecule has 0 radical (unpaired) electrons. The van der Waals surface area contributed by atoms with Crippen molar-refractivity contribution < 1.29 is 9.84 Å². The predicted molar refractivity (Wildman–Crippen MR) is 114 cm³/mol. The van der Waals surface area contributed by atoms with Gasteiger partial charge >= 0.3 is 0 Å². The summed E-state index contributed by atoms with van der Waals surface area (Å²) in [5.74, 6) is 1.38. The van der Waals surface area contributed by atoms with Crippen LogP contribution in [0.1, 0.15) is 50.4 Å². The fourth-order valence-corrected chi connectivity index (χ4v) is 4.43. The fourth-order valence-electron chi connectivity index (χ4n) is 4.24. The molecule has 2 N–H and O–H groups in total. The van der Waals surface area contributed by atoms with E-state index >= 15 is 0 Å². The van der Waals surface area contributed by atoms with Crippen molar-refractivity contribution in [1.29, 1.82) is 0 Å². The highest BCUT2D eigenvalue weighted by Crippen LogP contribution is 2.31. The zero-order valence-corrected chi connectivity index (χ0v) is 17.9. The van der Waals surface area contributed by atoms with Crippen LogP contribution in [-0.4, -0.2) is 47.9 Å². The number of nitrogens with zero attached hydrogens (tertiary/aromatic N) is 5. The number of hydrogen-bond acceptors (Lipinski definition) is 7. The molecule has 5 rings (SSSR count). The Hall–Kier alpha value is -2.45. The summed E-state index contributed by atoms with van der Waals surface area (Å²) in [6.07, 6.45) is 5.14. The van der Waals surface area contributed by atoms with Crippen LogP contribution < -0.4 is 10.1 Å². The molecule has 0 amide bonds. The topological polar surface area (TPSA) is 97.5 Å². The summed E-state index contributed by atoms with van der Waals surface area (Å²) in [6, 6.07) is 3.90. The minimum atomic E-state index is -0.576. The Morgan fingerprint density at radius 2 is 2.03 bits per heavy atom. The molecular weight excluding hydrogens is 404 g/mol. The van der Waals surface area contributed by atoms with Crippen LogP contribution in [0.2, 0.25) is 5.15 Å². The summed E-state index contributed by atoms with van der Waals surface area (Å²) in [4.78, 5) is 13.8. The molecule has 0 aromatic carbocycles. The average Bonchev–Trinajstić information content (AvgIpc) is 3.13. The number of nitrogens with one attached hydrogen (secondary N) is 1. The minimum absolute atomic E-state index is 0.248. The molecule has 3 aromatic rings. The number of hydrogen-bond donors (Lipinski definition) is 2. The van der Waals surface area contributed by atoms with E-state index < -0.39 is 5.60 Å². The van der Waals surface area contributed by atoms with Crippen LogP contribution in [0.15, 0.2) is 12.1 Å². The molecule has 1 aliphatic heterocycles. The summed E-state index contributed by atoms with van der Waals surface area (Å²) in [7, 11) is 0. The molecule has 0 atom stereocenters. The second-order valence-corrected chi connectivity index (χ2v) is 8.93. The lowest BCUT2D eigenvalue weighted by atomic mass is 9.84. The first-order chi connectivity index (χ1) is 14.4. The van der Waals surface area contributed by atoms with Gasteiger partial charge in [-0.1, -0.05) is 11.6 Å². The highest BCUT2D eigenvalue weighted by atomic mass is 35.5. The van der Waals surface area contributed by atoms with Crippen LogP contribution in [0.25, 0.3) is 17.0 Å². The molecule has 0 bridgehead atoms. The smallest absolute Gasteiger partial charge is 0.236 e. The van der Waals surface area contributed by atoms with Crippen molar-refractivity contribution in [1.82, 2.24) is 24.6 Å². The summed E-state index contributed by atoms with van der Waals surface area (Å²) >= 11 is 6.29. The maximum atomic E-state index is 10.2. The molecular formula is C21H25ClN6O2. The Balaban J connectivity index is 1.50. The largest absolute Gasteiger partial charge is 0.476 e. The van der Waals surface area contributed by atoms with E-state index in [1.807, 2.05) is 19.9 Å². The van der Waals surface area contributed by atoms with Crippen molar-refractivity contribution >= 4 is 23.1 Å². The van der Waals surface area contributed by atoms with E-state index in [1.165, 1.54) is 0 Å². The van der Waals surface area contributed by atoms with Gasteiger partial charge in [0.15, 0.2) is 5.65 Å². The van der Waals surface area contributed by atoms with Gasteiger partial charge in [-0.3, -0.25) is 4.98 Å². The van der Waals surface area contributed by atoms with Crippen LogP contribution in [0.3, 0.4) is 0 Å². The van der Waals surface area contributed by atoms with E-state index in [2.05, 4.69) is 15.3 Å². The summed E-state index contributed by atoms with van der Waals surface area (Å²) in [5, 5.41) is 18.9. The Bertz CT molecular complexity index is 1100. The fraction of sp³-hybridized carbons (Fsp3) is 0.524. The maximum absolute atomic E-state index is 10.2. The standard InChI is InChI=1S/C21H25ClN6O2/c1-12-19(26-20-14(23-12)4-3-9-30-20)15-10-17-25-16(22)11-18(28(17)27-15)24-13-5-7-21(2,29)8-6-13/h10-11,13,24,29H,3-9H2,1-2H3/t13-,21-. The van der Waals surface area contributed by atoms with Gasteiger partial charge in [0.1, 0.15) is 28.1 Å². The number of ether oxygens (including phenoxy) is 1. The van der Waals surface area contributed by atoms with E-state index in [-0.39, 0.29) is 6.04 Å². The highest BCUT2D eigenvalue weighted by molar-refractivity contribution is 6.29. The highest BCUT2D eigenvalue weighted by Gasteiger charge is 2.29. The van der Waals surface area contributed by atoms with Crippen molar-refractivity contribution in [2.24, 2.45) is 0 Å². The van der Waals surface area contributed by atoms with Crippen molar-refractivity contribution in [3.63, 3.8) is 0 Å². The van der Waals surface area contributed by atoms with Gasteiger partial charge in [-0.2, -0.15) is 9.61 Å². The normalized spacial score (nSPS) is 23.8. The average molecular weight is 429 g/mol. The number of aryl methyl sites for hydroxylation is 2. The predicted octanol–water partition coefficient (Wildman–Crippen LogP) is 3.58. The lowest BCUT2D eigenvalue weighted by molar-refractivity contribution is 0.0196. The molecule has 0 saturated heterocycles. The van der Waals surface area contributed by atoms with Crippen LogP contribution in [0.5, 0.6) is 5.88 Å². The Morgan fingerprint density at radius 3 is 2.83 bits per heavy atom. The van der Waals surface area contributed by atoms with E-state index in [4.69, 9.17) is 26.4 Å². The number of halogens is 1. The van der Waals surface area contributed by atoms with Gasteiger partial charge in [0.2, 0.25) is 5.88 Å². The molecule has 1 saturated carbocycles. The van der Waals surface area contributed by atoms with E-state index in [9.17, 15) is 5.11 Å². The van der Waals surface area contributed by atoms with Gasteiger partial charge in [0.25, 0.3) is 0 Å². The van der Waals surface area contributed by atoms with Crippen LogP contribution >= 0.6 is 11.6 Å². The molecule has 0 spiro atoms. The Kier molecular flexibility index (Phi) is 4.78. The monoisotopic (exact) mass is 428 g/mol. The lowest BCUT2D eigenvalue weighted by Crippen LogP contribution is -2.36. The maximum Gasteiger partial charge on any atom is 0.236 e. The molecule has 8 nitrogen and oxygen atoms in total. The number of fused-ring (bicyclic) bond motifs is 2. The van der Waals surface area contributed by atoms with Gasteiger partial charge in [0.05, 0.1) is 17.9 Å². The van der Waals surface area contributed by atoms with Crippen LogP contribution in [-0.2, 0) is 6.42 Å². The first kappa shape index (κ1) is 19.5. The lowest BCUT2D eigenvalue weighted by Gasteiger charge is -2.33. The number of anilines is 1. The number of aromatic nitrogens is 5. The molecule has 1 fully saturated rings. The summed E-state index contributed by atoms with van der Waals surface area (Å²) < 4.78 is 7.46. The molecule has 3 aromatic heterocycles. The quantitative estimate of drug-likeness (QED) is 0.615. The van der Waals surface area contributed by atoms with E-state index in [0.29, 0.717) is 34.7 Å². The van der Waals surface area contributed by atoms with Crippen molar-refractivity contribution in [3.8, 4) is 17.3 Å². The molecule has 158 valence electrons. The second kappa shape index (κ2) is 7.35. The first-order valence-electron chi connectivity index (χ1n) is 10.4. The third-order valence-corrected chi connectivity index (χ3v) is 6.15. The Morgan fingerprint density at radius 1 is 1.23 bits per heavy atom. The van der Waals surface area contributed by atoms with Crippen molar-refractivity contribution in [2.75, 3.05) is 11.9 Å². The first-order valence-corrected chi connectivity index (χ1v) is 10.8. The van der Waals surface area contributed by atoms with Gasteiger partial charge in [-0.25, -0.2) is 9.97 Å². The van der Waals surface area contributed by atoms with E-state index in [1.54, 1.807) is 10.6 Å². The molecule has 0 unspecified atom stereocenters. The Labute approximate surface area is 179 Å². The number of aliphatic hydroxyl groups is 1. The molecule has 9 heteroatoms. The van der Waals surface area contributed by atoms with E-state index in [0.717, 1.165) is 55.7 Å². The van der Waals surface area contributed by atoms with Gasteiger partial charge in [-0.05, 0) is 52.4 Å². The number of rotatable bonds is 3. The van der Waals surface area contributed by atoms with Crippen molar-refractivity contribution in [3.05, 3.63) is 28.7 Å². The van der Waals surface area contributed by atoms with Gasteiger partial charge < -0.3 is 15.2 Å². The summed E-state index contributed by atoms with van der Waals surface area (Å²) in [6.45, 7) is 4.50. The zero-order valence-electron chi connectivity index (χ0n) is 17.2. The third kappa shape index (κ3) is 3.70. The molecule has 30 heavy (non-hydrogen) atoms. The minimum Gasteiger partial charge on any atom is -0.476 e. The van der Waals surface area contributed by atoms with Crippen LogP contribution in [0, 0.1) is 6.92 Å². The van der Waals surface area contributed by atoms with Gasteiger partial charge in [-0.15, -0.1) is 0 Å². The van der Waals surface area contributed by atoms with Crippen molar-refractivity contribution in [2.45, 2.75) is 64.0 Å². The third-order valence-electron chi connectivity index (χ3n) is 5.96. The molecule has 4 heterocycles.